The number of hydrogen-bond acceptors (Lipinski definition) is 4. The van der Waals surface area contributed by atoms with Crippen molar-refractivity contribution in [2.24, 2.45) is 0 Å². The number of unbranched alkanes of at least 4 members (excludes halogenated alkanes) is 7. The predicted molar refractivity (Wildman–Crippen MR) is 72.9 cm³/mol. The summed E-state index contributed by atoms with van der Waals surface area (Å²) in [4.78, 5) is 10.8. The van der Waals surface area contributed by atoms with Gasteiger partial charge >= 0.3 is 13.1 Å². The van der Waals surface area contributed by atoms with E-state index in [0.717, 1.165) is 25.7 Å². The lowest BCUT2D eigenvalue weighted by Crippen LogP contribution is -2.05. The summed E-state index contributed by atoms with van der Waals surface area (Å²) in [6.45, 7) is 0. The number of ether oxygens (including phenoxy) is 1. The number of methoxy groups -OCH3 is 1. The van der Waals surface area contributed by atoms with Crippen LogP contribution in [0.2, 0.25) is 0 Å². The Morgan fingerprint density at radius 2 is 1.61 bits per heavy atom. The Bertz CT molecular complexity index is 229. The first-order valence-electron chi connectivity index (χ1n) is 6.76. The molecular formula is C13H25BO4. The van der Waals surface area contributed by atoms with Gasteiger partial charge in [0.2, 0.25) is 0 Å². The minimum absolute atomic E-state index is 0.118. The predicted octanol–water partition coefficient (Wildman–Crippen LogP) is 2.24. The van der Waals surface area contributed by atoms with Crippen LogP contribution in [0.15, 0.2) is 12.1 Å². The van der Waals surface area contributed by atoms with Gasteiger partial charge in [-0.25, -0.2) is 0 Å². The van der Waals surface area contributed by atoms with Crippen LogP contribution in [0, 0.1) is 0 Å². The van der Waals surface area contributed by atoms with E-state index in [1.807, 2.05) is 0 Å². The number of allylic oxidation sites excluding steroid dienone is 1. The van der Waals surface area contributed by atoms with Crippen molar-refractivity contribution in [1.29, 1.82) is 0 Å². The molecule has 0 fully saturated rings. The lowest BCUT2D eigenvalue weighted by Gasteiger charge is -2.01. The van der Waals surface area contributed by atoms with Gasteiger partial charge in [0, 0.05) is 6.42 Å². The van der Waals surface area contributed by atoms with Gasteiger partial charge in [0.05, 0.1) is 7.11 Å². The molecule has 0 heterocycles. The summed E-state index contributed by atoms with van der Waals surface area (Å²) >= 11 is 0. The maximum Gasteiger partial charge on any atom is 0.480 e. The number of carbonyl (C=O) groups is 1. The third kappa shape index (κ3) is 13.3. The minimum Gasteiger partial charge on any atom is -0.469 e. The van der Waals surface area contributed by atoms with Crippen molar-refractivity contribution >= 4 is 13.1 Å². The largest absolute Gasteiger partial charge is 0.480 e. The quantitative estimate of drug-likeness (QED) is 0.338. The van der Waals surface area contributed by atoms with Gasteiger partial charge in [0.1, 0.15) is 0 Å². The molecule has 0 aromatic rings. The number of esters is 1. The first-order chi connectivity index (χ1) is 8.66. The maximum atomic E-state index is 10.8. The zero-order valence-corrected chi connectivity index (χ0v) is 11.3. The monoisotopic (exact) mass is 256 g/mol. The number of carbonyl (C=O) groups excluding carboxylic acids is 1. The molecule has 0 unspecified atom stereocenters. The second-order valence-corrected chi connectivity index (χ2v) is 4.43. The fourth-order valence-electron chi connectivity index (χ4n) is 1.74. The van der Waals surface area contributed by atoms with Gasteiger partial charge in [-0.1, -0.05) is 44.2 Å². The molecule has 0 amide bonds. The average Bonchev–Trinajstić information content (AvgIpc) is 2.35. The Morgan fingerprint density at radius 3 is 2.17 bits per heavy atom. The molecule has 0 aliphatic carbocycles. The number of rotatable bonds is 11. The molecule has 0 rings (SSSR count). The topological polar surface area (TPSA) is 66.8 Å². The van der Waals surface area contributed by atoms with Crippen molar-refractivity contribution in [2.75, 3.05) is 7.11 Å². The van der Waals surface area contributed by atoms with Crippen LogP contribution in [-0.2, 0) is 9.53 Å². The SMILES string of the molecule is COC(=O)CCCCCCCCC/C=C/B(O)O. The molecule has 5 heteroatoms. The van der Waals surface area contributed by atoms with Gasteiger partial charge in [-0.2, -0.15) is 0 Å². The number of hydrogen-bond donors (Lipinski definition) is 2. The van der Waals surface area contributed by atoms with Crippen molar-refractivity contribution in [3.8, 4) is 0 Å². The molecule has 4 nitrogen and oxygen atoms in total. The minimum atomic E-state index is -1.32. The highest BCUT2D eigenvalue weighted by Crippen LogP contribution is 2.10. The van der Waals surface area contributed by atoms with Gasteiger partial charge in [0.15, 0.2) is 0 Å². The van der Waals surface area contributed by atoms with Gasteiger partial charge in [-0.05, 0) is 19.3 Å². The summed E-state index contributed by atoms with van der Waals surface area (Å²) in [5, 5.41) is 17.1. The zero-order chi connectivity index (χ0) is 13.6. The van der Waals surface area contributed by atoms with E-state index in [-0.39, 0.29) is 5.97 Å². The molecule has 0 aromatic carbocycles. The highest BCUT2D eigenvalue weighted by molar-refractivity contribution is 6.47. The van der Waals surface area contributed by atoms with E-state index >= 15 is 0 Å². The lowest BCUT2D eigenvalue weighted by molar-refractivity contribution is -0.140. The third-order valence-corrected chi connectivity index (χ3v) is 2.79. The molecule has 0 saturated heterocycles. The van der Waals surface area contributed by atoms with E-state index in [0.29, 0.717) is 6.42 Å². The van der Waals surface area contributed by atoms with Crippen molar-refractivity contribution in [2.45, 2.75) is 57.8 Å². The Hall–Kier alpha value is -0.805. The van der Waals surface area contributed by atoms with Crippen LogP contribution in [0.4, 0.5) is 0 Å². The molecule has 0 bridgehead atoms. The molecule has 0 saturated carbocycles. The smallest absolute Gasteiger partial charge is 0.469 e. The standard InChI is InChI=1S/C13H25BO4/c1-18-13(15)11-9-7-5-3-2-4-6-8-10-12-14(16)17/h10,12,16-17H,2-9,11H2,1H3/b12-10+. The first-order valence-corrected chi connectivity index (χ1v) is 6.76. The van der Waals surface area contributed by atoms with E-state index in [9.17, 15) is 4.79 Å². The molecule has 2 N–H and O–H groups in total. The molecule has 18 heavy (non-hydrogen) atoms. The summed E-state index contributed by atoms with van der Waals surface area (Å²) in [7, 11) is 0.104. The van der Waals surface area contributed by atoms with Crippen LogP contribution in [-0.4, -0.2) is 30.2 Å². The van der Waals surface area contributed by atoms with Crippen molar-refractivity contribution in [3.63, 3.8) is 0 Å². The fraction of sp³-hybridized carbons (Fsp3) is 0.769. The maximum absolute atomic E-state index is 10.8. The molecular weight excluding hydrogens is 231 g/mol. The van der Waals surface area contributed by atoms with E-state index in [2.05, 4.69) is 4.74 Å². The molecule has 0 aromatic heterocycles. The third-order valence-electron chi connectivity index (χ3n) is 2.79. The normalized spacial score (nSPS) is 10.8. The molecule has 0 spiro atoms. The Balaban J connectivity index is 3.10. The van der Waals surface area contributed by atoms with Crippen LogP contribution in [0.5, 0.6) is 0 Å². The van der Waals surface area contributed by atoms with Crippen LogP contribution in [0.3, 0.4) is 0 Å². The summed E-state index contributed by atoms with van der Waals surface area (Å²) in [5.74, 6) is 1.28. The van der Waals surface area contributed by atoms with Crippen molar-refractivity contribution in [3.05, 3.63) is 12.1 Å². The van der Waals surface area contributed by atoms with Crippen LogP contribution in [0.25, 0.3) is 0 Å². The first kappa shape index (κ1) is 17.2. The lowest BCUT2D eigenvalue weighted by atomic mass is 9.91. The van der Waals surface area contributed by atoms with E-state index in [1.165, 1.54) is 38.8 Å². The Morgan fingerprint density at radius 1 is 1.06 bits per heavy atom. The van der Waals surface area contributed by atoms with Gasteiger partial charge in [0.25, 0.3) is 0 Å². The molecule has 0 aliphatic heterocycles. The Kier molecular flexibility index (Phi) is 12.1. The average molecular weight is 256 g/mol. The van der Waals surface area contributed by atoms with Crippen LogP contribution < -0.4 is 0 Å². The highest BCUT2D eigenvalue weighted by atomic mass is 16.5. The van der Waals surface area contributed by atoms with Crippen LogP contribution >= 0.6 is 0 Å². The molecule has 0 radical (unpaired) electrons. The van der Waals surface area contributed by atoms with Crippen LogP contribution in [0.1, 0.15) is 57.8 Å². The zero-order valence-electron chi connectivity index (χ0n) is 11.3. The molecule has 104 valence electrons. The van der Waals surface area contributed by atoms with Crippen molar-refractivity contribution < 1.29 is 19.6 Å². The van der Waals surface area contributed by atoms with Crippen molar-refractivity contribution in [1.82, 2.24) is 0 Å². The summed E-state index contributed by atoms with van der Waals surface area (Å²) < 4.78 is 4.57. The summed E-state index contributed by atoms with van der Waals surface area (Å²) in [6.07, 6.45) is 11.1. The summed E-state index contributed by atoms with van der Waals surface area (Å²) in [6, 6.07) is 0. The summed E-state index contributed by atoms with van der Waals surface area (Å²) in [5.41, 5.74) is 0. The molecule has 0 atom stereocenters. The second-order valence-electron chi connectivity index (χ2n) is 4.43. The van der Waals surface area contributed by atoms with E-state index in [1.54, 1.807) is 6.08 Å². The van der Waals surface area contributed by atoms with E-state index < -0.39 is 7.12 Å². The van der Waals surface area contributed by atoms with Gasteiger partial charge in [-0.3, -0.25) is 4.79 Å². The second kappa shape index (κ2) is 12.6. The highest BCUT2D eigenvalue weighted by Gasteiger charge is 1.99. The molecule has 0 aliphatic rings. The Labute approximate surface area is 110 Å². The van der Waals surface area contributed by atoms with Gasteiger partial charge < -0.3 is 14.8 Å². The van der Waals surface area contributed by atoms with Gasteiger partial charge in [-0.15, -0.1) is 0 Å². The van der Waals surface area contributed by atoms with E-state index in [4.69, 9.17) is 10.0 Å². The fourth-order valence-corrected chi connectivity index (χ4v) is 1.74.